The van der Waals surface area contributed by atoms with E-state index in [4.69, 9.17) is 0 Å². The molecule has 0 unspecified atom stereocenters. The third kappa shape index (κ3) is 2.29. The largest absolute Gasteiger partial charge is 0.351 e. The summed E-state index contributed by atoms with van der Waals surface area (Å²) in [7, 11) is 0. The summed E-state index contributed by atoms with van der Waals surface area (Å²) >= 11 is 4.02. The van der Waals surface area contributed by atoms with Crippen LogP contribution >= 0.6 is 12.6 Å². The second kappa shape index (κ2) is 5.05. The van der Waals surface area contributed by atoms with Gasteiger partial charge in [-0.1, -0.05) is 0 Å². The number of aromatic nitrogens is 2. The van der Waals surface area contributed by atoms with Crippen molar-refractivity contribution in [1.82, 2.24) is 15.1 Å². The summed E-state index contributed by atoms with van der Waals surface area (Å²) in [6.45, 7) is 5.26. The first-order chi connectivity index (χ1) is 6.70. The lowest BCUT2D eigenvalue weighted by molar-refractivity contribution is 0.0955. The summed E-state index contributed by atoms with van der Waals surface area (Å²) in [5.74, 6) is 0.573. The van der Waals surface area contributed by atoms with E-state index in [0.717, 1.165) is 12.2 Å². The Morgan fingerprint density at radius 1 is 1.71 bits per heavy atom. The summed E-state index contributed by atoms with van der Waals surface area (Å²) in [4.78, 5) is 11.6. The fourth-order valence-electron chi connectivity index (χ4n) is 1.25. The number of hydrogen-bond acceptors (Lipinski definition) is 3. The predicted molar refractivity (Wildman–Crippen MR) is 58.8 cm³/mol. The molecule has 0 aliphatic rings. The molecule has 0 bridgehead atoms. The molecule has 0 fully saturated rings. The standard InChI is InChI=1S/C9H15N3OS/c1-3-12-7(2)8(6-11-12)9(13)10-4-5-14/h6,14H,3-5H2,1-2H3,(H,10,13). The molecule has 4 nitrogen and oxygen atoms in total. The van der Waals surface area contributed by atoms with Gasteiger partial charge in [0.2, 0.25) is 0 Å². The van der Waals surface area contributed by atoms with Crippen LogP contribution in [0.15, 0.2) is 6.20 Å². The molecule has 0 saturated carbocycles. The Balaban J connectivity index is 2.75. The van der Waals surface area contributed by atoms with Gasteiger partial charge in [-0.2, -0.15) is 17.7 Å². The first-order valence-electron chi connectivity index (χ1n) is 4.62. The molecule has 5 heteroatoms. The monoisotopic (exact) mass is 213 g/mol. The van der Waals surface area contributed by atoms with Gasteiger partial charge in [0, 0.05) is 24.5 Å². The van der Waals surface area contributed by atoms with Gasteiger partial charge in [0.05, 0.1) is 11.8 Å². The number of nitrogens with zero attached hydrogens (tertiary/aromatic N) is 2. The Hall–Kier alpha value is -0.970. The van der Waals surface area contributed by atoms with Crippen molar-refractivity contribution >= 4 is 18.5 Å². The van der Waals surface area contributed by atoms with Crippen LogP contribution in [0, 0.1) is 6.92 Å². The van der Waals surface area contributed by atoms with Crippen LogP contribution in [0.25, 0.3) is 0 Å². The molecule has 0 radical (unpaired) electrons. The summed E-state index contributed by atoms with van der Waals surface area (Å²) in [5, 5.41) is 6.86. The van der Waals surface area contributed by atoms with E-state index in [-0.39, 0.29) is 5.91 Å². The Labute approximate surface area is 89.1 Å². The lowest BCUT2D eigenvalue weighted by Crippen LogP contribution is -2.25. The fraction of sp³-hybridized carbons (Fsp3) is 0.556. The Kier molecular flexibility index (Phi) is 4.00. The molecule has 1 aromatic heterocycles. The van der Waals surface area contributed by atoms with Crippen LogP contribution in [0.3, 0.4) is 0 Å². The number of carbonyl (C=O) groups excluding carboxylic acids is 1. The smallest absolute Gasteiger partial charge is 0.254 e. The third-order valence-corrected chi connectivity index (χ3v) is 2.27. The maximum absolute atomic E-state index is 11.6. The molecule has 1 aromatic rings. The number of amides is 1. The van der Waals surface area contributed by atoms with Crippen LogP contribution in [0.2, 0.25) is 0 Å². The highest BCUT2D eigenvalue weighted by atomic mass is 32.1. The van der Waals surface area contributed by atoms with E-state index in [1.54, 1.807) is 10.9 Å². The van der Waals surface area contributed by atoms with Crippen LogP contribution in [-0.4, -0.2) is 28.0 Å². The lowest BCUT2D eigenvalue weighted by Gasteiger charge is -2.03. The van der Waals surface area contributed by atoms with Crippen molar-refractivity contribution in [3.63, 3.8) is 0 Å². The zero-order valence-corrected chi connectivity index (χ0v) is 9.34. The van der Waals surface area contributed by atoms with Crippen LogP contribution in [0.4, 0.5) is 0 Å². The van der Waals surface area contributed by atoms with Gasteiger partial charge >= 0.3 is 0 Å². The highest BCUT2D eigenvalue weighted by Gasteiger charge is 2.12. The molecule has 14 heavy (non-hydrogen) atoms. The SMILES string of the molecule is CCn1ncc(C(=O)NCCS)c1C. The second-order valence-electron chi connectivity index (χ2n) is 2.94. The van der Waals surface area contributed by atoms with E-state index in [9.17, 15) is 4.79 Å². The maximum atomic E-state index is 11.6. The Morgan fingerprint density at radius 3 is 2.93 bits per heavy atom. The molecule has 0 spiro atoms. The predicted octanol–water partition coefficient (Wildman–Crippen LogP) is 0.871. The molecule has 0 aliphatic heterocycles. The second-order valence-corrected chi connectivity index (χ2v) is 3.39. The number of nitrogens with one attached hydrogen (secondary N) is 1. The molecule has 1 amide bonds. The van der Waals surface area contributed by atoms with E-state index in [0.29, 0.717) is 17.9 Å². The molecular formula is C9H15N3OS. The zero-order chi connectivity index (χ0) is 10.6. The van der Waals surface area contributed by atoms with Crippen molar-refractivity contribution in [3.05, 3.63) is 17.5 Å². The number of aryl methyl sites for hydroxylation is 1. The average molecular weight is 213 g/mol. The molecule has 1 heterocycles. The van der Waals surface area contributed by atoms with E-state index in [1.165, 1.54) is 0 Å². The molecule has 78 valence electrons. The topological polar surface area (TPSA) is 46.9 Å². The molecule has 0 saturated heterocycles. The summed E-state index contributed by atoms with van der Waals surface area (Å²) in [5.41, 5.74) is 1.55. The number of hydrogen-bond donors (Lipinski definition) is 2. The molecule has 1 rings (SSSR count). The molecule has 1 N–H and O–H groups in total. The first-order valence-corrected chi connectivity index (χ1v) is 5.25. The minimum atomic E-state index is -0.0729. The van der Waals surface area contributed by atoms with Gasteiger partial charge in [-0.15, -0.1) is 0 Å². The fourth-order valence-corrected chi connectivity index (χ4v) is 1.36. The third-order valence-electron chi connectivity index (χ3n) is 2.04. The zero-order valence-electron chi connectivity index (χ0n) is 8.45. The normalized spacial score (nSPS) is 10.2. The minimum absolute atomic E-state index is 0.0729. The van der Waals surface area contributed by atoms with E-state index in [1.807, 2.05) is 13.8 Å². The average Bonchev–Trinajstić information content (AvgIpc) is 2.56. The quantitative estimate of drug-likeness (QED) is 0.729. The number of carbonyl (C=O) groups is 1. The van der Waals surface area contributed by atoms with Crippen LogP contribution in [0.5, 0.6) is 0 Å². The van der Waals surface area contributed by atoms with Gasteiger partial charge < -0.3 is 5.32 Å². The first kappa shape index (κ1) is 11.1. The molecule has 0 atom stereocenters. The highest BCUT2D eigenvalue weighted by molar-refractivity contribution is 7.80. The van der Waals surface area contributed by atoms with E-state index in [2.05, 4.69) is 23.0 Å². The number of rotatable bonds is 4. The maximum Gasteiger partial charge on any atom is 0.254 e. The molecular weight excluding hydrogens is 198 g/mol. The summed E-state index contributed by atoms with van der Waals surface area (Å²) < 4.78 is 1.80. The highest BCUT2D eigenvalue weighted by Crippen LogP contribution is 2.06. The van der Waals surface area contributed by atoms with Crippen molar-refractivity contribution in [2.24, 2.45) is 0 Å². The Morgan fingerprint density at radius 2 is 2.43 bits per heavy atom. The van der Waals surface area contributed by atoms with Gasteiger partial charge in [-0.05, 0) is 13.8 Å². The minimum Gasteiger partial charge on any atom is -0.351 e. The molecule has 0 aromatic carbocycles. The summed E-state index contributed by atoms with van der Waals surface area (Å²) in [6, 6.07) is 0. The van der Waals surface area contributed by atoms with Gasteiger partial charge in [0.1, 0.15) is 0 Å². The van der Waals surface area contributed by atoms with Crippen LogP contribution in [-0.2, 0) is 6.54 Å². The Bertz CT molecular complexity index is 322. The molecule has 0 aliphatic carbocycles. The van der Waals surface area contributed by atoms with Gasteiger partial charge in [-0.25, -0.2) is 0 Å². The lowest BCUT2D eigenvalue weighted by atomic mass is 10.2. The van der Waals surface area contributed by atoms with Crippen LogP contribution in [0.1, 0.15) is 23.0 Å². The van der Waals surface area contributed by atoms with E-state index < -0.39 is 0 Å². The number of thiol groups is 1. The van der Waals surface area contributed by atoms with Crippen molar-refractivity contribution in [2.45, 2.75) is 20.4 Å². The van der Waals surface area contributed by atoms with Crippen LogP contribution < -0.4 is 5.32 Å². The van der Waals surface area contributed by atoms with Gasteiger partial charge in [0.25, 0.3) is 5.91 Å². The van der Waals surface area contributed by atoms with Crippen molar-refractivity contribution in [3.8, 4) is 0 Å². The van der Waals surface area contributed by atoms with Crippen molar-refractivity contribution in [1.29, 1.82) is 0 Å². The van der Waals surface area contributed by atoms with Crippen molar-refractivity contribution < 1.29 is 4.79 Å². The summed E-state index contributed by atoms with van der Waals surface area (Å²) in [6.07, 6.45) is 1.60. The van der Waals surface area contributed by atoms with E-state index >= 15 is 0 Å². The van der Waals surface area contributed by atoms with Gasteiger partial charge in [-0.3, -0.25) is 9.48 Å². The van der Waals surface area contributed by atoms with Crippen molar-refractivity contribution in [2.75, 3.05) is 12.3 Å². The van der Waals surface area contributed by atoms with Gasteiger partial charge in [0.15, 0.2) is 0 Å².